The van der Waals surface area contributed by atoms with Gasteiger partial charge in [-0.15, -0.1) is 0 Å². The summed E-state index contributed by atoms with van der Waals surface area (Å²) in [6, 6.07) is 10.2. The van der Waals surface area contributed by atoms with Crippen LogP contribution >= 0.6 is 0 Å². The lowest BCUT2D eigenvalue weighted by Crippen LogP contribution is -2.36. The normalized spacial score (nSPS) is 11.1. The highest BCUT2D eigenvalue weighted by Gasteiger charge is 2.01. The van der Waals surface area contributed by atoms with Crippen molar-refractivity contribution in [1.29, 1.82) is 0 Å². The van der Waals surface area contributed by atoms with E-state index in [1.54, 1.807) is 32.5 Å². The second-order valence-electron chi connectivity index (χ2n) is 4.62. The smallest absolute Gasteiger partial charge is 0.212 e. The summed E-state index contributed by atoms with van der Waals surface area (Å²) < 4.78 is 18.1. The first-order valence-corrected chi connectivity index (χ1v) is 6.89. The third kappa shape index (κ3) is 4.73. The van der Waals surface area contributed by atoms with Crippen molar-refractivity contribution in [3.63, 3.8) is 0 Å². The van der Waals surface area contributed by atoms with Gasteiger partial charge in [0.25, 0.3) is 0 Å². The van der Waals surface area contributed by atoms with E-state index in [1.165, 1.54) is 12.1 Å². The van der Waals surface area contributed by atoms with E-state index < -0.39 is 0 Å². The lowest BCUT2D eigenvalue weighted by Gasteiger charge is -2.12. The molecule has 1 aromatic carbocycles. The third-order valence-corrected chi connectivity index (χ3v) is 3.04. The van der Waals surface area contributed by atoms with Gasteiger partial charge < -0.3 is 15.4 Å². The number of rotatable bonds is 5. The molecule has 2 N–H and O–H groups in total. The fourth-order valence-electron chi connectivity index (χ4n) is 1.88. The van der Waals surface area contributed by atoms with Crippen molar-refractivity contribution in [2.75, 3.05) is 14.2 Å². The lowest BCUT2D eigenvalue weighted by molar-refractivity contribution is 0.397. The molecule has 0 aliphatic rings. The molecule has 0 aliphatic carbocycles. The van der Waals surface area contributed by atoms with E-state index in [2.05, 4.69) is 20.6 Å². The summed E-state index contributed by atoms with van der Waals surface area (Å²) in [6.07, 6.45) is 1.74. The first kappa shape index (κ1) is 15.8. The summed E-state index contributed by atoms with van der Waals surface area (Å²) in [5.74, 6) is 0.976. The Hall–Kier alpha value is -2.63. The van der Waals surface area contributed by atoms with Crippen LogP contribution in [0.2, 0.25) is 0 Å². The van der Waals surface area contributed by atoms with Crippen LogP contribution in [0.4, 0.5) is 4.39 Å². The molecule has 0 bridgehead atoms. The van der Waals surface area contributed by atoms with Crippen LogP contribution < -0.4 is 15.4 Å². The zero-order valence-corrected chi connectivity index (χ0v) is 12.6. The number of guanidine groups is 1. The van der Waals surface area contributed by atoms with E-state index in [1.807, 2.05) is 12.1 Å². The van der Waals surface area contributed by atoms with E-state index in [9.17, 15) is 4.39 Å². The number of aliphatic imine (C=N–C) groups is 1. The van der Waals surface area contributed by atoms with Crippen molar-refractivity contribution in [2.24, 2.45) is 4.99 Å². The van der Waals surface area contributed by atoms with Gasteiger partial charge in [-0.05, 0) is 23.3 Å². The number of methoxy groups -OCH3 is 1. The monoisotopic (exact) mass is 302 g/mol. The number of nitrogens with zero attached hydrogens (tertiary/aromatic N) is 2. The van der Waals surface area contributed by atoms with Crippen molar-refractivity contribution < 1.29 is 9.13 Å². The number of hydrogen-bond donors (Lipinski definition) is 2. The van der Waals surface area contributed by atoms with Gasteiger partial charge in [0.1, 0.15) is 5.82 Å². The van der Waals surface area contributed by atoms with Gasteiger partial charge in [0, 0.05) is 32.4 Å². The fraction of sp³-hybridized carbons (Fsp3) is 0.250. The SMILES string of the molecule is CN=C(NCc1ccc(OC)nc1)NCc1cccc(F)c1. The van der Waals surface area contributed by atoms with Crippen LogP contribution in [-0.2, 0) is 13.1 Å². The molecule has 2 aromatic rings. The van der Waals surface area contributed by atoms with Gasteiger partial charge in [0.2, 0.25) is 5.88 Å². The maximum Gasteiger partial charge on any atom is 0.212 e. The summed E-state index contributed by atoms with van der Waals surface area (Å²) >= 11 is 0. The molecule has 2 rings (SSSR count). The van der Waals surface area contributed by atoms with E-state index in [-0.39, 0.29) is 5.82 Å². The molecule has 1 aromatic heterocycles. The van der Waals surface area contributed by atoms with Crippen LogP contribution in [0.15, 0.2) is 47.6 Å². The van der Waals surface area contributed by atoms with Crippen LogP contribution in [0, 0.1) is 5.82 Å². The van der Waals surface area contributed by atoms with Crippen molar-refractivity contribution in [2.45, 2.75) is 13.1 Å². The van der Waals surface area contributed by atoms with E-state index in [4.69, 9.17) is 4.74 Å². The Morgan fingerprint density at radius 2 is 1.95 bits per heavy atom. The Morgan fingerprint density at radius 1 is 1.18 bits per heavy atom. The molecule has 6 heteroatoms. The Bertz CT molecular complexity index is 628. The molecule has 0 radical (unpaired) electrons. The summed E-state index contributed by atoms with van der Waals surface area (Å²) in [7, 11) is 3.27. The third-order valence-electron chi connectivity index (χ3n) is 3.04. The number of ether oxygens (including phenoxy) is 1. The van der Waals surface area contributed by atoms with Crippen molar-refractivity contribution >= 4 is 5.96 Å². The zero-order valence-electron chi connectivity index (χ0n) is 12.6. The molecule has 0 amide bonds. The average molecular weight is 302 g/mol. The van der Waals surface area contributed by atoms with E-state index in [0.29, 0.717) is 24.9 Å². The number of halogens is 1. The van der Waals surface area contributed by atoms with Gasteiger partial charge in [-0.3, -0.25) is 4.99 Å². The highest BCUT2D eigenvalue weighted by atomic mass is 19.1. The Labute approximate surface area is 129 Å². The molecule has 22 heavy (non-hydrogen) atoms. The standard InChI is InChI=1S/C16H19FN4O/c1-18-16(20-9-12-4-3-5-14(17)8-12)21-11-13-6-7-15(22-2)19-10-13/h3-8,10H,9,11H2,1-2H3,(H2,18,20,21). The lowest BCUT2D eigenvalue weighted by atomic mass is 10.2. The predicted molar refractivity (Wildman–Crippen MR) is 84.2 cm³/mol. The number of benzene rings is 1. The van der Waals surface area contributed by atoms with Gasteiger partial charge in [0.05, 0.1) is 7.11 Å². The first-order valence-electron chi connectivity index (χ1n) is 6.89. The molecule has 0 aliphatic heterocycles. The highest BCUT2D eigenvalue weighted by Crippen LogP contribution is 2.06. The second kappa shape index (κ2) is 7.97. The Balaban J connectivity index is 1.84. The van der Waals surface area contributed by atoms with Gasteiger partial charge in [-0.2, -0.15) is 0 Å². The minimum Gasteiger partial charge on any atom is -0.481 e. The summed E-state index contributed by atoms with van der Waals surface area (Å²) in [4.78, 5) is 8.27. The molecule has 0 atom stereocenters. The number of hydrogen-bond acceptors (Lipinski definition) is 3. The van der Waals surface area contributed by atoms with Crippen LogP contribution in [0.5, 0.6) is 5.88 Å². The Morgan fingerprint density at radius 3 is 2.55 bits per heavy atom. The molecule has 5 nitrogen and oxygen atoms in total. The van der Waals surface area contributed by atoms with E-state index in [0.717, 1.165) is 11.1 Å². The van der Waals surface area contributed by atoms with Gasteiger partial charge in [0.15, 0.2) is 5.96 Å². The molecule has 0 saturated heterocycles. The molecule has 1 heterocycles. The molecule has 0 fully saturated rings. The van der Waals surface area contributed by atoms with Crippen molar-refractivity contribution in [1.82, 2.24) is 15.6 Å². The van der Waals surface area contributed by atoms with Crippen LogP contribution in [0.3, 0.4) is 0 Å². The maximum atomic E-state index is 13.1. The summed E-state index contributed by atoms with van der Waals surface area (Å²) in [6.45, 7) is 1.08. The number of nitrogens with one attached hydrogen (secondary N) is 2. The molecule has 0 unspecified atom stereocenters. The zero-order chi connectivity index (χ0) is 15.8. The summed E-state index contributed by atoms with van der Waals surface area (Å²) in [5, 5.41) is 6.31. The van der Waals surface area contributed by atoms with E-state index >= 15 is 0 Å². The largest absolute Gasteiger partial charge is 0.481 e. The maximum absolute atomic E-state index is 13.1. The molecule has 0 saturated carbocycles. The number of aromatic nitrogens is 1. The van der Waals surface area contributed by atoms with Crippen molar-refractivity contribution in [3.05, 3.63) is 59.5 Å². The average Bonchev–Trinajstić information content (AvgIpc) is 2.55. The van der Waals surface area contributed by atoms with Gasteiger partial charge >= 0.3 is 0 Å². The van der Waals surface area contributed by atoms with Crippen LogP contribution in [0.25, 0.3) is 0 Å². The molecular weight excluding hydrogens is 283 g/mol. The van der Waals surface area contributed by atoms with Crippen LogP contribution in [-0.4, -0.2) is 25.1 Å². The highest BCUT2D eigenvalue weighted by molar-refractivity contribution is 5.79. The minimum absolute atomic E-state index is 0.244. The second-order valence-corrected chi connectivity index (χ2v) is 4.62. The minimum atomic E-state index is -0.244. The van der Waals surface area contributed by atoms with Crippen molar-refractivity contribution in [3.8, 4) is 5.88 Å². The predicted octanol–water partition coefficient (Wildman–Crippen LogP) is 2.09. The summed E-state index contributed by atoms with van der Waals surface area (Å²) in [5.41, 5.74) is 1.86. The molecule has 0 spiro atoms. The Kier molecular flexibility index (Phi) is 5.71. The quantitative estimate of drug-likeness (QED) is 0.656. The molecule has 116 valence electrons. The first-order chi connectivity index (χ1) is 10.7. The van der Waals surface area contributed by atoms with Crippen LogP contribution in [0.1, 0.15) is 11.1 Å². The topological polar surface area (TPSA) is 58.5 Å². The van der Waals surface area contributed by atoms with Gasteiger partial charge in [-0.25, -0.2) is 9.37 Å². The van der Waals surface area contributed by atoms with Gasteiger partial charge in [-0.1, -0.05) is 18.2 Å². The molecular formula is C16H19FN4O. The fourth-order valence-corrected chi connectivity index (χ4v) is 1.88. The number of pyridine rings is 1.